The van der Waals surface area contributed by atoms with Crippen molar-refractivity contribution >= 4 is 23.2 Å². The number of thioether (sulfide) groups is 1. The second kappa shape index (κ2) is 6.81. The molecule has 5 nitrogen and oxygen atoms in total. The summed E-state index contributed by atoms with van der Waals surface area (Å²) in [6, 6.07) is 10.3. The molecule has 2 heterocycles. The fraction of sp³-hybridized carbons (Fsp3) is 0.389. The van der Waals surface area contributed by atoms with Crippen molar-refractivity contribution in [2.75, 3.05) is 11.6 Å². The molecule has 1 N–H and O–H groups in total. The molecule has 0 spiro atoms. The maximum atomic E-state index is 4.68. The molecular formula is C18H21N5S. The number of nitrogens with one attached hydrogen (secondary N) is 1. The van der Waals surface area contributed by atoms with E-state index < -0.39 is 0 Å². The van der Waals surface area contributed by atoms with Crippen LogP contribution in [0.3, 0.4) is 0 Å². The number of hydrogen-bond acceptors (Lipinski definition) is 5. The summed E-state index contributed by atoms with van der Waals surface area (Å²) in [5, 5.41) is 8.89. The molecule has 4 rings (SSSR count). The van der Waals surface area contributed by atoms with E-state index in [1.807, 2.05) is 35.2 Å². The zero-order valence-electron chi connectivity index (χ0n) is 13.8. The van der Waals surface area contributed by atoms with E-state index in [1.165, 1.54) is 36.9 Å². The van der Waals surface area contributed by atoms with Crippen LogP contribution in [0.15, 0.2) is 41.7 Å². The number of nitrogens with zero attached hydrogens (tertiary/aromatic N) is 4. The third kappa shape index (κ3) is 2.98. The Bertz CT molecular complexity index is 824. The van der Waals surface area contributed by atoms with E-state index in [-0.39, 0.29) is 0 Å². The summed E-state index contributed by atoms with van der Waals surface area (Å²) in [5.74, 6) is 1.38. The highest BCUT2D eigenvalue weighted by molar-refractivity contribution is 7.98. The topological polar surface area (TPSA) is 55.1 Å². The first-order chi connectivity index (χ1) is 11.8. The second-order valence-corrected chi connectivity index (χ2v) is 6.96. The van der Waals surface area contributed by atoms with E-state index in [4.69, 9.17) is 0 Å². The minimum Gasteiger partial charge on any atom is -0.363 e. The smallest absolute Gasteiger partial charge is 0.209 e. The minimum atomic E-state index is 0.576. The van der Waals surface area contributed by atoms with Gasteiger partial charge in [-0.1, -0.05) is 54.9 Å². The molecule has 1 aliphatic rings. The lowest BCUT2D eigenvalue weighted by atomic mass is 10.1. The van der Waals surface area contributed by atoms with Gasteiger partial charge in [0.25, 0.3) is 0 Å². The Hall–Kier alpha value is -2.08. The molecule has 1 fully saturated rings. The largest absolute Gasteiger partial charge is 0.363 e. The van der Waals surface area contributed by atoms with Gasteiger partial charge < -0.3 is 5.32 Å². The Kier molecular flexibility index (Phi) is 4.38. The molecule has 124 valence electrons. The summed E-state index contributed by atoms with van der Waals surface area (Å²) in [6.45, 7) is 0.729. The lowest BCUT2D eigenvalue weighted by Gasteiger charge is -2.11. The maximum absolute atomic E-state index is 4.68. The van der Waals surface area contributed by atoms with Crippen molar-refractivity contribution in [3.8, 4) is 0 Å². The van der Waals surface area contributed by atoms with Gasteiger partial charge in [0.05, 0.1) is 11.9 Å². The molecule has 0 atom stereocenters. The van der Waals surface area contributed by atoms with Crippen LogP contribution in [-0.4, -0.2) is 25.8 Å². The quantitative estimate of drug-likeness (QED) is 0.709. The lowest BCUT2D eigenvalue weighted by molar-refractivity contribution is 0.650. The van der Waals surface area contributed by atoms with Crippen LogP contribution in [0.2, 0.25) is 0 Å². The van der Waals surface area contributed by atoms with Crippen LogP contribution in [0.5, 0.6) is 0 Å². The van der Waals surface area contributed by atoms with Gasteiger partial charge in [-0.15, -0.1) is 5.10 Å². The van der Waals surface area contributed by atoms with E-state index >= 15 is 0 Å². The molecule has 3 aromatic rings. The molecule has 2 aromatic heterocycles. The van der Waals surface area contributed by atoms with Gasteiger partial charge in [0.2, 0.25) is 5.16 Å². The predicted molar refractivity (Wildman–Crippen MR) is 97.5 cm³/mol. The fourth-order valence-corrected chi connectivity index (χ4v) is 3.71. The van der Waals surface area contributed by atoms with Gasteiger partial charge in [-0.25, -0.2) is 9.50 Å². The van der Waals surface area contributed by atoms with Gasteiger partial charge in [-0.3, -0.25) is 0 Å². The number of benzene rings is 1. The van der Waals surface area contributed by atoms with Crippen LogP contribution >= 0.6 is 11.8 Å². The number of fused-ring (bicyclic) bond motifs is 1. The molecule has 6 heteroatoms. The molecule has 1 saturated carbocycles. The van der Waals surface area contributed by atoms with Crippen molar-refractivity contribution in [3.63, 3.8) is 0 Å². The highest BCUT2D eigenvalue weighted by Crippen LogP contribution is 2.34. The lowest BCUT2D eigenvalue weighted by Crippen LogP contribution is -2.09. The average Bonchev–Trinajstić information content (AvgIpc) is 3.29. The van der Waals surface area contributed by atoms with Gasteiger partial charge in [0.1, 0.15) is 0 Å². The molecule has 0 unspecified atom stereocenters. The summed E-state index contributed by atoms with van der Waals surface area (Å²) in [7, 11) is 0. The van der Waals surface area contributed by atoms with Crippen molar-refractivity contribution in [2.24, 2.45) is 0 Å². The van der Waals surface area contributed by atoms with E-state index in [1.54, 1.807) is 11.8 Å². The second-order valence-electron chi connectivity index (χ2n) is 6.19. The van der Waals surface area contributed by atoms with E-state index in [9.17, 15) is 0 Å². The molecule has 1 aromatic carbocycles. The summed E-state index contributed by atoms with van der Waals surface area (Å²) >= 11 is 1.56. The Labute approximate surface area is 145 Å². The molecular weight excluding hydrogens is 318 g/mol. The van der Waals surface area contributed by atoms with Gasteiger partial charge in [-0.2, -0.15) is 4.98 Å². The zero-order chi connectivity index (χ0) is 16.4. The van der Waals surface area contributed by atoms with E-state index in [0.717, 1.165) is 23.2 Å². The summed E-state index contributed by atoms with van der Waals surface area (Å²) in [5.41, 5.74) is 3.27. The Morgan fingerprint density at radius 2 is 2.00 bits per heavy atom. The van der Waals surface area contributed by atoms with E-state index in [0.29, 0.717) is 5.92 Å². The first kappa shape index (κ1) is 15.4. The number of rotatable bonds is 5. The standard InChI is InChI=1S/C18H21N5S/c1-24-18-21-16(19-11-13-7-3-2-4-8-13)17-20-12-15(23(17)22-18)14-9-5-6-10-14/h2-4,7-8,12,14H,5-6,9-11H2,1H3,(H,19,21,22). The van der Waals surface area contributed by atoms with Crippen LogP contribution in [0.1, 0.15) is 42.9 Å². The van der Waals surface area contributed by atoms with Crippen molar-refractivity contribution < 1.29 is 0 Å². The summed E-state index contributed by atoms with van der Waals surface area (Å²) in [4.78, 5) is 9.25. The minimum absolute atomic E-state index is 0.576. The zero-order valence-corrected chi connectivity index (χ0v) is 14.6. The SMILES string of the molecule is CSc1nc(NCc2ccccc2)c2ncc(C3CCCC3)n2n1. The first-order valence-electron chi connectivity index (χ1n) is 8.42. The molecule has 0 saturated heterocycles. The third-order valence-corrected chi connectivity index (χ3v) is 5.17. The van der Waals surface area contributed by atoms with E-state index in [2.05, 4.69) is 32.5 Å². The summed E-state index contributed by atoms with van der Waals surface area (Å²) in [6.07, 6.45) is 9.07. The van der Waals surface area contributed by atoms with Crippen molar-refractivity contribution in [1.82, 2.24) is 19.6 Å². The van der Waals surface area contributed by atoms with Crippen LogP contribution in [0, 0.1) is 0 Å². The van der Waals surface area contributed by atoms with Crippen molar-refractivity contribution in [3.05, 3.63) is 47.8 Å². The van der Waals surface area contributed by atoms with Crippen LogP contribution in [-0.2, 0) is 6.54 Å². The highest BCUT2D eigenvalue weighted by atomic mass is 32.2. The average molecular weight is 339 g/mol. The molecule has 0 bridgehead atoms. The molecule has 1 aliphatic carbocycles. The Morgan fingerprint density at radius 3 is 2.75 bits per heavy atom. The van der Waals surface area contributed by atoms with Gasteiger partial charge >= 0.3 is 0 Å². The van der Waals surface area contributed by atoms with Crippen LogP contribution in [0.4, 0.5) is 5.82 Å². The number of anilines is 1. The first-order valence-corrected chi connectivity index (χ1v) is 9.65. The van der Waals surface area contributed by atoms with Gasteiger partial charge in [-0.05, 0) is 24.7 Å². The Balaban J connectivity index is 1.68. The number of hydrogen-bond donors (Lipinski definition) is 1. The highest BCUT2D eigenvalue weighted by Gasteiger charge is 2.23. The van der Waals surface area contributed by atoms with Crippen LogP contribution in [0.25, 0.3) is 5.65 Å². The molecule has 24 heavy (non-hydrogen) atoms. The van der Waals surface area contributed by atoms with Gasteiger partial charge in [0, 0.05) is 12.5 Å². The summed E-state index contributed by atoms with van der Waals surface area (Å²) < 4.78 is 2.00. The van der Waals surface area contributed by atoms with Gasteiger partial charge in [0.15, 0.2) is 11.5 Å². The molecule has 0 radical (unpaired) electrons. The Morgan fingerprint density at radius 1 is 1.21 bits per heavy atom. The number of imidazole rings is 1. The van der Waals surface area contributed by atoms with Crippen molar-refractivity contribution in [1.29, 1.82) is 0 Å². The fourth-order valence-electron chi connectivity index (χ4n) is 3.37. The predicted octanol–water partition coefficient (Wildman–Crippen LogP) is 4.12. The van der Waals surface area contributed by atoms with Crippen LogP contribution < -0.4 is 5.32 Å². The normalized spacial score (nSPS) is 15.2. The monoisotopic (exact) mass is 339 g/mol. The third-order valence-electron chi connectivity index (χ3n) is 4.63. The molecule has 0 aliphatic heterocycles. The van der Waals surface area contributed by atoms with Crippen molar-refractivity contribution in [2.45, 2.75) is 43.3 Å². The maximum Gasteiger partial charge on any atom is 0.209 e. The molecule has 0 amide bonds. The number of aromatic nitrogens is 4.